The first-order valence-electron chi connectivity index (χ1n) is 8.42. The maximum Gasteiger partial charge on any atom is 0.673 e. The summed E-state index contributed by atoms with van der Waals surface area (Å²) >= 11 is 0. The fraction of sp³-hybridized carbons (Fsp3) is 0.316. The van der Waals surface area contributed by atoms with Crippen LogP contribution in [0.4, 0.5) is 23.0 Å². The fourth-order valence-corrected chi connectivity index (χ4v) is 2.39. The molecule has 0 bridgehead atoms. The second kappa shape index (κ2) is 7.62. The molecule has 3 rings (SSSR count). The Morgan fingerprint density at radius 3 is 1.96 bits per heavy atom. The predicted molar refractivity (Wildman–Crippen MR) is 99.2 cm³/mol. The van der Waals surface area contributed by atoms with Gasteiger partial charge in [-0.05, 0) is 39.1 Å². The maximum absolute atomic E-state index is 9.75. The predicted octanol–water partition coefficient (Wildman–Crippen LogP) is 4.37. The number of hydrogen-bond acceptors (Lipinski definition) is 2. The first-order valence-corrected chi connectivity index (χ1v) is 8.42. The zero-order valence-corrected chi connectivity index (χ0v) is 15.6. The van der Waals surface area contributed by atoms with Crippen molar-refractivity contribution in [2.24, 2.45) is 0 Å². The number of allylic oxidation sites excluding steroid dienone is 1. The Labute approximate surface area is 155 Å². The molecule has 0 amide bonds. The van der Waals surface area contributed by atoms with Crippen molar-refractivity contribution in [1.82, 2.24) is 0 Å². The fourth-order valence-electron chi connectivity index (χ4n) is 2.39. The standard InChI is InChI=1S/C19H21NO2.BF4/c1-18(2)19(3,4)22-17(21-18)12-13-20-16-11-7-9-14-8-5-6-10-15(14)16;2-1(3,4)5/h5-13H,1-4H3;/q;-1/p+1. The minimum absolute atomic E-state index is 0.341. The van der Waals surface area contributed by atoms with Crippen molar-refractivity contribution in [2.45, 2.75) is 38.9 Å². The molecule has 2 aromatic rings. The van der Waals surface area contributed by atoms with Crippen LogP contribution in [-0.4, -0.2) is 24.7 Å². The van der Waals surface area contributed by atoms with Crippen LogP contribution in [0.15, 0.2) is 54.5 Å². The summed E-state index contributed by atoms with van der Waals surface area (Å²) in [4.78, 5) is 3.31. The Morgan fingerprint density at radius 2 is 1.37 bits per heavy atom. The Hall–Kier alpha value is -2.51. The van der Waals surface area contributed by atoms with Gasteiger partial charge in [-0.2, -0.15) is 0 Å². The van der Waals surface area contributed by atoms with Crippen molar-refractivity contribution in [3.05, 3.63) is 54.5 Å². The number of ether oxygens (including phenoxy) is 2. The second-order valence-corrected chi connectivity index (χ2v) is 7.04. The SMILES string of the molecule is CC1(C)OC(=CC=[NH+]c2cccc3ccccc23)OC1(C)C.F[B-](F)(F)F. The zero-order valence-electron chi connectivity index (χ0n) is 15.6. The quantitative estimate of drug-likeness (QED) is 0.475. The molecule has 0 saturated carbocycles. The van der Waals surface area contributed by atoms with Gasteiger partial charge in [0, 0.05) is 6.07 Å². The topological polar surface area (TPSA) is 32.4 Å². The highest BCUT2D eigenvalue weighted by molar-refractivity contribution is 6.50. The Morgan fingerprint density at radius 1 is 0.852 bits per heavy atom. The molecule has 8 heteroatoms. The molecule has 1 saturated heterocycles. The van der Waals surface area contributed by atoms with Gasteiger partial charge in [0.25, 0.3) is 5.95 Å². The van der Waals surface area contributed by atoms with Crippen molar-refractivity contribution in [2.75, 3.05) is 0 Å². The number of benzene rings is 2. The molecule has 1 fully saturated rings. The monoisotopic (exact) mass is 383 g/mol. The van der Waals surface area contributed by atoms with E-state index in [1.165, 1.54) is 10.8 Å². The summed E-state index contributed by atoms with van der Waals surface area (Å²) < 4.78 is 50.7. The van der Waals surface area contributed by atoms with E-state index in [9.17, 15) is 17.3 Å². The molecule has 0 aliphatic carbocycles. The van der Waals surface area contributed by atoms with Gasteiger partial charge in [-0.1, -0.05) is 30.3 Å². The van der Waals surface area contributed by atoms with E-state index < -0.39 is 7.25 Å². The summed E-state index contributed by atoms with van der Waals surface area (Å²) in [5.41, 5.74) is 0.379. The molecule has 1 N–H and O–H groups in total. The highest BCUT2D eigenvalue weighted by Crippen LogP contribution is 2.39. The first-order chi connectivity index (χ1) is 12.4. The molecule has 0 radical (unpaired) electrons. The lowest BCUT2D eigenvalue weighted by atomic mass is 9.90. The van der Waals surface area contributed by atoms with Crippen molar-refractivity contribution in [3.63, 3.8) is 0 Å². The third-order valence-electron chi connectivity index (χ3n) is 4.41. The van der Waals surface area contributed by atoms with E-state index in [1.54, 1.807) is 0 Å². The maximum atomic E-state index is 9.75. The van der Waals surface area contributed by atoms with Crippen molar-refractivity contribution >= 4 is 29.9 Å². The lowest BCUT2D eigenvalue weighted by Crippen LogP contribution is -2.61. The van der Waals surface area contributed by atoms with Crippen molar-refractivity contribution in [1.29, 1.82) is 0 Å². The van der Waals surface area contributed by atoms with Crippen LogP contribution in [0.1, 0.15) is 27.7 Å². The van der Waals surface area contributed by atoms with Crippen LogP contribution >= 0.6 is 0 Å². The van der Waals surface area contributed by atoms with E-state index in [2.05, 4.69) is 29.3 Å². The van der Waals surface area contributed by atoms with E-state index in [1.807, 2.05) is 58.2 Å². The van der Waals surface area contributed by atoms with Gasteiger partial charge in [-0.3, -0.25) is 0 Å². The molecule has 1 aliphatic heterocycles. The highest BCUT2D eigenvalue weighted by atomic mass is 19.5. The van der Waals surface area contributed by atoms with E-state index in [0.717, 1.165) is 5.69 Å². The third-order valence-corrected chi connectivity index (χ3v) is 4.41. The molecule has 1 aliphatic rings. The summed E-state index contributed by atoms with van der Waals surface area (Å²) in [5.74, 6) is 0.544. The zero-order chi connectivity index (χ0) is 20.3. The lowest BCUT2D eigenvalue weighted by Gasteiger charge is -2.28. The van der Waals surface area contributed by atoms with Crippen LogP contribution < -0.4 is 4.99 Å². The van der Waals surface area contributed by atoms with Crippen LogP contribution in [0.5, 0.6) is 0 Å². The van der Waals surface area contributed by atoms with Crippen molar-refractivity contribution in [3.8, 4) is 0 Å². The molecule has 146 valence electrons. The Kier molecular flexibility index (Phi) is 5.87. The minimum atomic E-state index is -6.00. The smallest absolute Gasteiger partial charge is 0.455 e. The van der Waals surface area contributed by atoms with Crippen LogP contribution in [0.25, 0.3) is 10.8 Å². The van der Waals surface area contributed by atoms with Crippen LogP contribution in [0, 0.1) is 0 Å². The van der Waals surface area contributed by atoms with E-state index >= 15 is 0 Å². The summed E-state index contributed by atoms with van der Waals surface area (Å²) in [6.07, 6.45) is 3.69. The van der Waals surface area contributed by atoms with Gasteiger partial charge in [0.15, 0.2) is 6.21 Å². The lowest BCUT2D eigenvalue weighted by molar-refractivity contribution is -0.344. The van der Waals surface area contributed by atoms with Crippen LogP contribution in [-0.2, 0) is 9.47 Å². The Balaban J connectivity index is 0.000000465. The summed E-state index contributed by atoms with van der Waals surface area (Å²) in [6.45, 7) is 8.13. The van der Waals surface area contributed by atoms with Crippen molar-refractivity contribution < 1.29 is 31.7 Å². The molecule has 0 aromatic heterocycles. The van der Waals surface area contributed by atoms with Crippen LogP contribution in [0.2, 0.25) is 0 Å². The summed E-state index contributed by atoms with van der Waals surface area (Å²) in [5, 5.41) is 2.40. The molecule has 1 heterocycles. The van der Waals surface area contributed by atoms with E-state index in [-0.39, 0.29) is 11.2 Å². The number of halogens is 4. The molecule has 0 spiro atoms. The average molecular weight is 383 g/mol. The van der Waals surface area contributed by atoms with Gasteiger partial charge in [-0.15, -0.1) is 0 Å². The van der Waals surface area contributed by atoms with Gasteiger partial charge < -0.3 is 26.7 Å². The molecule has 0 atom stereocenters. The van der Waals surface area contributed by atoms with Gasteiger partial charge >= 0.3 is 7.25 Å². The second-order valence-electron chi connectivity index (χ2n) is 7.04. The number of rotatable bonds is 2. The van der Waals surface area contributed by atoms with Gasteiger partial charge in [0.2, 0.25) is 5.69 Å². The summed E-state index contributed by atoms with van der Waals surface area (Å²) in [7, 11) is -6.00. The molecular formula is C19H22BF4NO2. The minimum Gasteiger partial charge on any atom is -0.455 e. The molecular weight excluding hydrogens is 361 g/mol. The van der Waals surface area contributed by atoms with E-state index in [0.29, 0.717) is 5.95 Å². The molecule has 2 aromatic carbocycles. The molecule has 3 nitrogen and oxygen atoms in total. The largest absolute Gasteiger partial charge is 0.673 e. The van der Waals surface area contributed by atoms with Gasteiger partial charge in [-0.25, -0.2) is 4.99 Å². The Bertz CT molecular complexity index is 831. The average Bonchev–Trinajstić information content (AvgIpc) is 2.73. The first kappa shape index (κ1) is 20.8. The molecule has 27 heavy (non-hydrogen) atoms. The number of hydrogen-bond donors (Lipinski definition) is 1. The normalized spacial score (nSPS) is 17.9. The van der Waals surface area contributed by atoms with Gasteiger partial charge in [0.1, 0.15) is 11.2 Å². The number of nitrogens with one attached hydrogen (secondary N) is 1. The molecule has 0 unspecified atom stereocenters. The van der Waals surface area contributed by atoms with E-state index in [4.69, 9.17) is 9.47 Å². The highest BCUT2D eigenvalue weighted by Gasteiger charge is 2.48. The number of fused-ring (bicyclic) bond motifs is 1. The third kappa shape index (κ3) is 5.74. The van der Waals surface area contributed by atoms with Crippen LogP contribution in [0.3, 0.4) is 0 Å². The summed E-state index contributed by atoms with van der Waals surface area (Å²) in [6, 6.07) is 14.5. The van der Waals surface area contributed by atoms with Gasteiger partial charge in [0.05, 0.1) is 11.5 Å².